The lowest BCUT2D eigenvalue weighted by molar-refractivity contribution is 0.512. The van der Waals surface area contributed by atoms with E-state index in [4.69, 9.17) is 0 Å². The summed E-state index contributed by atoms with van der Waals surface area (Å²) in [6.07, 6.45) is 11.4. The molecule has 116 valence electrons. The zero-order valence-corrected chi connectivity index (χ0v) is 14.3. The van der Waals surface area contributed by atoms with Gasteiger partial charge in [-0.15, -0.1) is 10.2 Å². The molecule has 0 fully saturated rings. The number of rotatable bonds is 12. The molecule has 0 spiro atoms. The van der Waals surface area contributed by atoms with Crippen LogP contribution in [0.15, 0.2) is 0 Å². The van der Waals surface area contributed by atoms with E-state index in [-0.39, 0.29) is 0 Å². The van der Waals surface area contributed by atoms with Crippen LogP contribution in [0.3, 0.4) is 0 Å². The van der Waals surface area contributed by atoms with E-state index in [0.29, 0.717) is 6.04 Å². The Morgan fingerprint density at radius 3 is 2.40 bits per heavy atom. The SMILES string of the molecule is CCCCCCCCc1nnc(C(CC)NCCC)s1. The Balaban J connectivity index is 2.27. The fourth-order valence-electron chi connectivity index (χ4n) is 2.29. The van der Waals surface area contributed by atoms with Gasteiger partial charge in [-0.2, -0.15) is 0 Å². The van der Waals surface area contributed by atoms with Crippen molar-refractivity contribution < 1.29 is 0 Å². The Hall–Kier alpha value is -0.480. The summed E-state index contributed by atoms with van der Waals surface area (Å²) < 4.78 is 0. The van der Waals surface area contributed by atoms with Crippen molar-refractivity contribution in [1.82, 2.24) is 15.5 Å². The van der Waals surface area contributed by atoms with Crippen molar-refractivity contribution in [1.29, 1.82) is 0 Å². The number of unbranched alkanes of at least 4 members (excludes halogenated alkanes) is 5. The Morgan fingerprint density at radius 1 is 0.950 bits per heavy atom. The van der Waals surface area contributed by atoms with Crippen LogP contribution < -0.4 is 5.32 Å². The van der Waals surface area contributed by atoms with Crippen LogP contribution in [0.4, 0.5) is 0 Å². The van der Waals surface area contributed by atoms with Crippen molar-refractivity contribution in [3.05, 3.63) is 10.0 Å². The van der Waals surface area contributed by atoms with Crippen molar-refractivity contribution in [3.8, 4) is 0 Å². The van der Waals surface area contributed by atoms with Crippen LogP contribution in [-0.2, 0) is 6.42 Å². The van der Waals surface area contributed by atoms with E-state index in [9.17, 15) is 0 Å². The van der Waals surface area contributed by atoms with Gasteiger partial charge in [-0.1, -0.05) is 64.2 Å². The van der Waals surface area contributed by atoms with Crippen LogP contribution in [0.2, 0.25) is 0 Å². The molecule has 0 saturated carbocycles. The van der Waals surface area contributed by atoms with Gasteiger partial charge in [-0.3, -0.25) is 0 Å². The molecule has 0 bridgehead atoms. The molecule has 0 aromatic carbocycles. The number of nitrogens with zero attached hydrogens (tertiary/aromatic N) is 2. The van der Waals surface area contributed by atoms with E-state index in [1.54, 1.807) is 11.3 Å². The molecule has 1 heterocycles. The summed E-state index contributed by atoms with van der Waals surface area (Å²) in [6, 6.07) is 0.394. The lowest BCUT2D eigenvalue weighted by Crippen LogP contribution is -2.21. The largest absolute Gasteiger partial charge is 0.308 e. The molecule has 0 aliphatic carbocycles. The average molecular weight is 298 g/mol. The van der Waals surface area contributed by atoms with Gasteiger partial charge in [0.1, 0.15) is 10.0 Å². The summed E-state index contributed by atoms with van der Waals surface area (Å²) in [5.41, 5.74) is 0. The third-order valence-corrected chi connectivity index (χ3v) is 4.67. The minimum absolute atomic E-state index is 0.394. The van der Waals surface area contributed by atoms with Gasteiger partial charge in [0.05, 0.1) is 6.04 Å². The molecular formula is C16H31N3S. The molecule has 0 radical (unpaired) electrons. The van der Waals surface area contributed by atoms with Gasteiger partial charge in [0.15, 0.2) is 0 Å². The van der Waals surface area contributed by atoms with Gasteiger partial charge in [-0.05, 0) is 25.8 Å². The monoisotopic (exact) mass is 297 g/mol. The Morgan fingerprint density at radius 2 is 1.70 bits per heavy atom. The number of nitrogens with one attached hydrogen (secondary N) is 1. The van der Waals surface area contributed by atoms with Gasteiger partial charge in [0, 0.05) is 6.42 Å². The van der Waals surface area contributed by atoms with Crippen LogP contribution in [0, 0.1) is 0 Å². The lowest BCUT2D eigenvalue weighted by Gasteiger charge is -2.12. The molecule has 1 rings (SSSR count). The van der Waals surface area contributed by atoms with E-state index in [2.05, 4.69) is 36.3 Å². The van der Waals surface area contributed by atoms with E-state index in [1.165, 1.54) is 55.0 Å². The minimum Gasteiger partial charge on any atom is -0.308 e. The normalized spacial score (nSPS) is 12.8. The molecule has 0 aliphatic rings. The Bertz CT molecular complexity index is 338. The second-order valence-electron chi connectivity index (χ2n) is 5.47. The molecule has 1 aromatic rings. The Labute approximate surface area is 128 Å². The maximum absolute atomic E-state index is 4.37. The fourth-order valence-corrected chi connectivity index (χ4v) is 3.33. The highest BCUT2D eigenvalue weighted by Gasteiger charge is 2.13. The van der Waals surface area contributed by atoms with Crippen LogP contribution in [0.1, 0.15) is 88.2 Å². The van der Waals surface area contributed by atoms with E-state index in [1.807, 2.05) is 0 Å². The topological polar surface area (TPSA) is 37.8 Å². The van der Waals surface area contributed by atoms with Crippen molar-refractivity contribution >= 4 is 11.3 Å². The van der Waals surface area contributed by atoms with Gasteiger partial charge in [-0.25, -0.2) is 0 Å². The summed E-state index contributed by atoms with van der Waals surface area (Å²) in [5, 5.41) is 14.7. The highest BCUT2D eigenvalue weighted by molar-refractivity contribution is 7.11. The second kappa shape index (κ2) is 11.2. The first-order valence-electron chi connectivity index (χ1n) is 8.37. The van der Waals surface area contributed by atoms with Crippen LogP contribution >= 0.6 is 11.3 Å². The first kappa shape index (κ1) is 17.6. The summed E-state index contributed by atoms with van der Waals surface area (Å²) >= 11 is 1.80. The van der Waals surface area contributed by atoms with Crippen LogP contribution in [0.25, 0.3) is 0 Å². The molecule has 0 saturated heterocycles. The molecule has 1 atom stereocenters. The van der Waals surface area contributed by atoms with E-state index >= 15 is 0 Å². The zero-order chi connectivity index (χ0) is 14.6. The third kappa shape index (κ3) is 6.80. The van der Waals surface area contributed by atoms with Gasteiger partial charge >= 0.3 is 0 Å². The molecule has 20 heavy (non-hydrogen) atoms. The Kier molecular flexibility index (Phi) is 9.85. The van der Waals surface area contributed by atoms with Crippen molar-refractivity contribution in [2.24, 2.45) is 0 Å². The van der Waals surface area contributed by atoms with Crippen molar-refractivity contribution in [2.75, 3.05) is 6.54 Å². The first-order valence-corrected chi connectivity index (χ1v) is 9.19. The number of hydrogen-bond acceptors (Lipinski definition) is 4. The molecular weight excluding hydrogens is 266 g/mol. The molecule has 1 unspecified atom stereocenters. The number of hydrogen-bond donors (Lipinski definition) is 1. The van der Waals surface area contributed by atoms with Gasteiger partial charge < -0.3 is 5.32 Å². The smallest absolute Gasteiger partial charge is 0.134 e. The summed E-state index contributed by atoms with van der Waals surface area (Å²) in [4.78, 5) is 0. The maximum Gasteiger partial charge on any atom is 0.134 e. The van der Waals surface area contributed by atoms with E-state index < -0.39 is 0 Å². The van der Waals surface area contributed by atoms with Crippen LogP contribution in [-0.4, -0.2) is 16.7 Å². The number of aryl methyl sites for hydroxylation is 1. The van der Waals surface area contributed by atoms with E-state index in [0.717, 1.165) is 19.4 Å². The molecule has 0 aliphatic heterocycles. The molecule has 3 nitrogen and oxygen atoms in total. The lowest BCUT2D eigenvalue weighted by atomic mass is 10.1. The number of aromatic nitrogens is 2. The first-order chi connectivity index (χ1) is 9.81. The second-order valence-corrected chi connectivity index (χ2v) is 6.56. The quantitative estimate of drug-likeness (QED) is 0.558. The van der Waals surface area contributed by atoms with Crippen molar-refractivity contribution in [2.45, 2.75) is 84.6 Å². The molecule has 4 heteroatoms. The summed E-state index contributed by atoms with van der Waals surface area (Å²) in [6.45, 7) is 7.73. The minimum atomic E-state index is 0.394. The standard InChI is InChI=1S/C16H31N3S/c1-4-7-8-9-10-11-12-15-18-19-16(20-15)14(6-3)17-13-5-2/h14,17H,4-13H2,1-3H3. The van der Waals surface area contributed by atoms with Gasteiger partial charge in [0.25, 0.3) is 0 Å². The summed E-state index contributed by atoms with van der Waals surface area (Å²) in [5.74, 6) is 0. The average Bonchev–Trinajstić information content (AvgIpc) is 2.92. The molecule has 1 aromatic heterocycles. The maximum atomic E-state index is 4.37. The summed E-state index contributed by atoms with van der Waals surface area (Å²) in [7, 11) is 0. The third-order valence-electron chi connectivity index (χ3n) is 3.57. The molecule has 1 N–H and O–H groups in total. The van der Waals surface area contributed by atoms with Crippen molar-refractivity contribution in [3.63, 3.8) is 0 Å². The van der Waals surface area contributed by atoms with Crippen LogP contribution in [0.5, 0.6) is 0 Å². The van der Waals surface area contributed by atoms with Gasteiger partial charge in [0.2, 0.25) is 0 Å². The highest BCUT2D eigenvalue weighted by atomic mass is 32.1. The predicted molar refractivity (Wildman–Crippen MR) is 88.3 cm³/mol. The zero-order valence-electron chi connectivity index (χ0n) is 13.5. The molecule has 0 amide bonds. The predicted octanol–water partition coefficient (Wildman–Crippen LogP) is 4.89. The highest BCUT2D eigenvalue weighted by Crippen LogP contribution is 2.22. The fraction of sp³-hybridized carbons (Fsp3) is 0.875.